The summed E-state index contributed by atoms with van der Waals surface area (Å²) in [5.74, 6) is 1.73. The van der Waals surface area contributed by atoms with Crippen molar-refractivity contribution in [1.82, 2.24) is 9.97 Å². The highest BCUT2D eigenvalue weighted by atomic mass is 16.5. The van der Waals surface area contributed by atoms with E-state index in [2.05, 4.69) is 4.98 Å². The Hall–Kier alpha value is -0.870. The van der Waals surface area contributed by atoms with Crippen molar-refractivity contribution in [2.24, 2.45) is 5.73 Å². The van der Waals surface area contributed by atoms with E-state index in [1.807, 2.05) is 0 Å². The smallest absolute Gasteiger partial charge is 0.109 e. The van der Waals surface area contributed by atoms with Crippen molar-refractivity contribution < 1.29 is 4.74 Å². The number of nitrogens with zero attached hydrogens (tertiary/aromatic N) is 1. The summed E-state index contributed by atoms with van der Waals surface area (Å²) in [6.45, 7) is 1.74. The number of H-pyrrole nitrogens is 1. The summed E-state index contributed by atoms with van der Waals surface area (Å²) in [5.41, 5.74) is 8.50. The van der Waals surface area contributed by atoms with Crippen LogP contribution < -0.4 is 5.73 Å². The molecule has 1 unspecified atom stereocenters. The molecule has 0 spiro atoms. The molecule has 0 radical (unpaired) electrons. The van der Waals surface area contributed by atoms with Crippen LogP contribution in [-0.2, 0) is 17.6 Å². The van der Waals surface area contributed by atoms with E-state index in [0.29, 0.717) is 12.0 Å². The zero-order valence-electron chi connectivity index (χ0n) is 9.54. The third-order valence-electron chi connectivity index (χ3n) is 3.71. The van der Waals surface area contributed by atoms with Gasteiger partial charge in [-0.15, -0.1) is 0 Å². The Morgan fingerprint density at radius 3 is 2.88 bits per heavy atom. The van der Waals surface area contributed by atoms with Crippen LogP contribution in [0.25, 0.3) is 0 Å². The summed E-state index contributed by atoms with van der Waals surface area (Å²) < 4.78 is 5.38. The lowest BCUT2D eigenvalue weighted by Gasteiger charge is -2.19. The molecule has 0 amide bonds. The van der Waals surface area contributed by atoms with E-state index in [0.717, 1.165) is 45.3 Å². The van der Waals surface area contributed by atoms with E-state index < -0.39 is 0 Å². The topological polar surface area (TPSA) is 63.9 Å². The molecule has 1 aromatic rings. The van der Waals surface area contributed by atoms with Gasteiger partial charge in [0.2, 0.25) is 0 Å². The lowest BCUT2D eigenvalue weighted by Crippen LogP contribution is -2.27. The van der Waals surface area contributed by atoms with E-state index in [-0.39, 0.29) is 0 Å². The third kappa shape index (κ3) is 1.87. The van der Waals surface area contributed by atoms with Crippen LogP contribution in [0.1, 0.15) is 42.4 Å². The maximum Gasteiger partial charge on any atom is 0.109 e. The lowest BCUT2D eigenvalue weighted by atomic mass is 9.97. The predicted octanol–water partition coefficient (Wildman–Crippen LogP) is 1.12. The Kier molecular flexibility index (Phi) is 2.69. The summed E-state index contributed by atoms with van der Waals surface area (Å²) in [5, 5.41) is 0. The van der Waals surface area contributed by atoms with Crippen molar-refractivity contribution in [3.8, 4) is 0 Å². The van der Waals surface area contributed by atoms with Gasteiger partial charge in [0.05, 0.1) is 5.69 Å². The molecule has 0 bridgehead atoms. The second kappa shape index (κ2) is 4.18. The van der Waals surface area contributed by atoms with Crippen molar-refractivity contribution >= 4 is 0 Å². The van der Waals surface area contributed by atoms with Crippen LogP contribution in [0.15, 0.2) is 0 Å². The SMILES string of the molecule is NC1CCc2nc(C3CCOCC3)[nH]c2C1. The van der Waals surface area contributed by atoms with Gasteiger partial charge >= 0.3 is 0 Å². The average Bonchev–Trinajstić information content (AvgIpc) is 2.73. The third-order valence-corrected chi connectivity index (χ3v) is 3.71. The second-order valence-corrected chi connectivity index (χ2v) is 4.94. The van der Waals surface area contributed by atoms with Gasteiger partial charge in [-0.3, -0.25) is 0 Å². The quantitative estimate of drug-likeness (QED) is 0.747. The van der Waals surface area contributed by atoms with Crippen LogP contribution in [0.4, 0.5) is 0 Å². The molecule has 4 heteroatoms. The van der Waals surface area contributed by atoms with Crippen molar-refractivity contribution in [2.75, 3.05) is 13.2 Å². The zero-order valence-corrected chi connectivity index (χ0v) is 9.54. The summed E-state index contributed by atoms with van der Waals surface area (Å²) >= 11 is 0. The first-order valence-electron chi connectivity index (χ1n) is 6.24. The van der Waals surface area contributed by atoms with E-state index >= 15 is 0 Å². The Balaban J connectivity index is 1.80. The highest BCUT2D eigenvalue weighted by molar-refractivity contribution is 5.21. The van der Waals surface area contributed by atoms with Crippen molar-refractivity contribution in [3.05, 3.63) is 17.2 Å². The minimum atomic E-state index is 0.315. The highest BCUT2D eigenvalue weighted by Gasteiger charge is 2.24. The van der Waals surface area contributed by atoms with Crippen molar-refractivity contribution in [2.45, 2.75) is 44.1 Å². The molecular weight excluding hydrogens is 202 g/mol. The van der Waals surface area contributed by atoms with Gasteiger partial charge in [0, 0.05) is 37.3 Å². The Labute approximate surface area is 95.6 Å². The molecule has 0 saturated carbocycles. The molecule has 16 heavy (non-hydrogen) atoms. The fraction of sp³-hybridized carbons (Fsp3) is 0.750. The fourth-order valence-corrected chi connectivity index (χ4v) is 2.69. The molecule has 4 nitrogen and oxygen atoms in total. The molecular formula is C12H19N3O. The molecule has 1 aromatic heterocycles. The molecule has 1 atom stereocenters. The molecule has 1 aliphatic carbocycles. The first kappa shape index (κ1) is 10.3. The number of aryl methyl sites for hydroxylation is 1. The molecule has 2 aliphatic rings. The van der Waals surface area contributed by atoms with E-state index in [4.69, 9.17) is 15.5 Å². The number of imidazole rings is 1. The number of nitrogens with two attached hydrogens (primary N) is 1. The normalized spacial score (nSPS) is 26.7. The Bertz CT molecular complexity index is 368. The minimum Gasteiger partial charge on any atom is -0.381 e. The average molecular weight is 221 g/mol. The molecule has 0 aromatic carbocycles. The standard InChI is InChI=1S/C12H19N3O/c13-9-1-2-10-11(7-9)15-12(14-10)8-3-5-16-6-4-8/h8-9H,1-7,13H2,(H,14,15). The van der Waals surface area contributed by atoms with Gasteiger partial charge in [0.25, 0.3) is 0 Å². The Morgan fingerprint density at radius 2 is 2.06 bits per heavy atom. The lowest BCUT2D eigenvalue weighted by molar-refractivity contribution is 0.0837. The van der Waals surface area contributed by atoms with Crippen LogP contribution in [0.5, 0.6) is 0 Å². The summed E-state index contributed by atoms with van der Waals surface area (Å²) in [6, 6.07) is 0.315. The molecule has 2 heterocycles. The number of aromatic amines is 1. The number of hydrogen-bond acceptors (Lipinski definition) is 3. The maximum absolute atomic E-state index is 5.97. The fourth-order valence-electron chi connectivity index (χ4n) is 2.69. The van der Waals surface area contributed by atoms with Crippen LogP contribution in [0.3, 0.4) is 0 Å². The van der Waals surface area contributed by atoms with Crippen LogP contribution in [-0.4, -0.2) is 29.2 Å². The Morgan fingerprint density at radius 1 is 1.25 bits per heavy atom. The van der Waals surface area contributed by atoms with Crippen LogP contribution >= 0.6 is 0 Å². The van der Waals surface area contributed by atoms with Crippen molar-refractivity contribution in [1.29, 1.82) is 0 Å². The second-order valence-electron chi connectivity index (χ2n) is 4.94. The predicted molar refractivity (Wildman–Crippen MR) is 61.4 cm³/mol. The zero-order chi connectivity index (χ0) is 11.0. The van der Waals surface area contributed by atoms with Crippen LogP contribution in [0, 0.1) is 0 Å². The maximum atomic E-state index is 5.97. The summed E-state index contributed by atoms with van der Waals surface area (Å²) in [6.07, 6.45) is 5.27. The number of ether oxygens (including phenoxy) is 1. The van der Waals surface area contributed by atoms with Gasteiger partial charge < -0.3 is 15.5 Å². The molecule has 1 aliphatic heterocycles. The van der Waals surface area contributed by atoms with Gasteiger partial charge in [-0.05, 0) is 25.7 Å². The van der Waals surface area contributed by atoms with Gasteiger partial charge in [-0.1, -0.05) is 0 Å². The minimum absolute atomic E-state index is 0.315. The summed E-state index contributed by atoms with van der Waals surface area (Å²) in [4.78, 5) is 8.23. The molecule has 3 N–H and O–H groups in total. The first-order valence-corrected chi connectivity index (χ1v) is 6.24. The van der Waals surface area contributed by atoms with Crippen molar-refractivity contribution in [3.63, 3.8) is 0 Å². The van der Waals surface area contributed by atoms with Crippen LogP contribution in [0.2, 0.25) is 0 Å². The van der Waals surface area contributed by atoms with E-state index in [9.17, 15) is 0 Å². The summed E-state index contributed by atoms with van der Waals surface area (Å²) in [7, 11) is 0. The number of hydrogen-bond donors (Lipinski definition) is 2. The first-order chi connectivity index (χ1) is 7.83. The number of nitrogens with one attached hydrogen (secondary N) is 1. The van der Waals surface area contributed by atoms with Gasteiger partial charge in [-0.2, -0.15) is 0 Å². The van der Waals surface area contributed by atoms with E-state index in [1.165, 1.54) is 17.2 Å². The largest absolute Gasteiger partial charge is 0.381 e. The molecule has 1 fully saturated rings. The molecule has 88 valence electrons. The van der Waals surface area contributed by atoms with Gasteiger partial charge in [0.1, 0.15) is 5.82 Å². The van der Waals surface area contributed by atoms with Gasteiger partial charge in [0.15, 0.2) is 0 Å². The van der Waals surface area contributed by atoms with E-state index in [1.54, 1.807) is 0 Å². The number of aromatic nitrogens is 2. The number of rotatable bonds is 1. The van der Waals surface area contributed by atoms with Gasteiger partial charge in [-0.25, -0.2) is 4.98 Å². The molecule has 1 saturated heterocycles. The monoisotopic (exact) mass is 221 g/mol. The highest BCUT2D eigenvalue weighted by Crippen LogP contribution is 2.27. The number of fused-ring (bicyclic) bond motifs is 1. The molecule has 3 rings (SSSR count).